The van der Waals surface area contributed by atoms with Crippen LogP contribution in [0.5, 0.6) is 0 Å². The van der Waals surface area contributed by atoms with Crippen LogP contribution in [0.4, 0.5) is 19.0 Å². The smallest absolute Gasteiger partial charge is 0.367 e. The predicted octanol–water partition coefficient (Wildman–Crippen LogP) is 4.01. The Bertz CT molecular complexity index is 556. The first-order valence-electron chi connectivity index (χ1n) is 7.62. The second-order valence-corrected chi connectivity index (χ2v) is 5.27. The molecule has 0 saturated carbocycles. The molecule has 0 aromatic carbocycles. The lowest BCUT2D eigenvalue weighted by molar-refractivity contribution is -0.115. The number of ketones is 1. The SMILES string of the molecule is CCc1c(C)ncnc1NC(CC)CCC(=O)/C=C/C(F)(F)F. The lowest BCUT2D eigenvalue weighted by Gasteiger charge is -2.19. The quantitative estimate of drug-likeness (QED) is 0.732. The van der Waals surface area contributed by atoms with E-state index >= 15 is 0 Å². The van der Waals surface area contributed by atoms with Crippen LogP contribution >= 0.6 is 0 Å². The van der Waals surface area contributed by atoms with Crippen LogP contribution < -0.4 is 5.32 Å². The van der Waals surface area contributed by atoms with Crippen molar-refractivity contribution in [1.29, 1.82) is 0 Å². The summed E-state index contributed by atoms with van der Waals surface area (Å²) in [7, 11) is 0. The van der Waals surface area contributed by atoms with Gasteiger partial charge in [-0.2, -0.15) is 13.2 Å². The van der Waals surface area contributed by atoms with Gasteiger partial charge in [0.2, 0.25) is 0 Å². The van der Waals surface area contributed by atoms with Crippen LogP contribution in [0.2, 0.25) is 0 Å². The fourth-order valence-electron chi connectivity index (χ4n) is 2.21. The van der Waals surface area contributed by atoms with Crippen molar-refractivity contribution in [1.82, 2.24) is 9.97 Å². The summed E-state index contributed by atoms with van der Waals surface area (Å²) in [5.41, 5.74) is 1.90. The Hall–Kier alpha value is -1.92. The van der Waals surface area contributed by atoms with Crippen molar-refractivity contribution in [3.63, 3.8) is 0 Å². The van der Waals surface area contributed by atoms with Crippen molar-refractivity contribution >= 4 is 11.6 Å². The Morgan fingerprint density at radius 2 is 2.04 bits per heavy atom. The van der Waals surface area contributed by atoms with E-state index in [2.05, 4.69) is 15.3 Å². The maximum absolute atomic E-state index is 12.0. The van der Waals surface area contributed by atoms with Crippen LogP contribution in [0.3, 0.4) is 0 Å². The van der Waals surface area contributed by atoms with Crippen LogP contribution in [0.1, 0.15) is 44.4 Å². The number of nitrogens with zero attached hydrogens (tertiary/aromatic N) is 2. The fraction of sp³-hybridized carbons (Fsp3) is 0.562. The third-order valence-corrected chi connectivity index (χ3v) is 3.55. The summed E-state index contributed by atoms with van der Waals surface area (Å²) in [6.07, 6.45) is -0.381. The third-order valence-electron chi connectivity index (χ3n) is 3.55. The Kier molecular flexibility index (Phi) is 7.19. The molecule has 0 aliphatic rings. The van der Waals surface area contributed by atoms with E-state index < -0.39 is 12.0 Å². The van der Waals surface area contributed by atoms with Crippen molar-refractivity contribution in [3.8, 4) is 0 Å². The van der Waals surface area contributed by atoms with E-state index in [0.717, 1.165) is 29.9 Å². The van der Waals surface area contributed by atoms with Gasteiger partial charge in [-0.05, 0) is 32.3 Å². The lowest BCUT2D eigenvalue weighted by atomic mass is 10.1. The van der Waals surface area contributed by atoms with Crippen molar-refractivity contribution in [2.75, 3.05) is 5.32 Å². The normalized spacial score (nSPS) is 13.3. The number of hydrogen-bond donors (Lipinski definition) is 1. The minimum Gasteiger partial charge on any atom is -0.367 e. The van der Waals surface area contributed by atoms with Gasteiger partial charge in [0.1, 0.15) is 12.1 Å². The summed E-state index contributed by atoms with van der Waals surface area (Å²) < 4.78 is 36.1. The number of carbonyl (C=O) groups is 1. The van der Waals surface area contributed by atoms with Crippen molar-refractivity contribution in [3.05, 3.63) is 29.7 Å². The van der Waals surface area contributed by atoms with Gasteiger partial charge in [0.25, 0.3) is 0 Å². The standard InChI is InChI=1S/C16H22F3N3O/c1-4-12(6-7-13(23)8-9-16(17,18)19)22-15-14(5-2)11(3)20-10-21-15/h8-10,12H,4-7H2,1-3H3,(H,20,21,22)/b9-8+. The molecule has 1 rings (SSSR count). The number of aromatic nitrogens is 2. The highest BCUT2D eigenvalue weighted by Gasteiger charge is 2.22. The number of rotatable bonds is 8. The van der Waals surface area contributed by atoms with Gasteiger partial charge >= 0.3 is 6.18 Å². The van der Waals surface area contributed by atoms with E-state index in [1.807, 2.05) is 20.8 Å². The number of allylic oxidation sites excluding steroid dienone is 2. The molecule has 0 bridgehead atoms. The number of halogens is 3. The highest BCUT2D eigenvalue weighted by atomic mass is 19.4. The zero-order valence-corrected chi connectivity index (χ0v) is 13.6. The van der Waals surface area contributed by atoms with Gasteiger partial charge in [-0.15, -0.1) is 0 Å². The lowest BCUT2D eigenvalue weighted by Crippen LogP contribution is -2.21. The Labute approximate surface area is 134 Å². The zero-order chi connectivity index (χ0) is 17.5. The van der Waals surface area contributed by atoms with Gasteiger partial charge in [0.05, 0.1) is 0 Å². The molecule has 1 aromatic rings. The van der Waals surface area contributed by atoms with E-state index in [0.29, 0.717) is 12.5 Å². The van der Waals surface area contributed by atoms with Crippen LogP contribution in [0.15, 0.2) is 18.5 Å². The summed E-state index contributed by atoms with van der Waals surface area (Å²) >= 11 is 0. The molecule has 1 N–H and O–H groups in total. The van der Waals surface area contributed by atoms with E-state index in [9.17, 15) is 18.0 Å². The average molecular weight is 329 g/mol. The second kappa shape index (κ2) is 8.64. The van der Waals surface area contributed by atoms with Gasteiger partial charge in [0, 0.05) is 29.8 Å². The van der Waals surface area contributed by atoms with Crippen LogP contribution in [-0.4, -0.2) is 28.0 Å². The molecule has 0 aliphatic heterocycles. The van der Waals surface area contributed by atoms with E-state index in [1.54, 1.807) is 0 Å². The maximum atomic E-state index is 12.0. The Balaban J connectivity index is 2.64. The number of aryl methyl sites for hydroxylation is 1. The summed E-state index contributed by atoms with van der Waals surface area (Å²) in [6.45, 7) is 5.86. The minimum absolute atomic E-state index is 0.0211. The van der Waals surface area contributed by atoms with Gasteiger partial charge < -0.3 is 5.32 Å². The third kappa shape index (κ3) is 6.80. The molecule has 1 heterocycles. The summed E-state index contributed by atoms with van der Waals surface area (Å²) in [5, 5.41) is 3.27. The molecular weight excluding hydrogens is 307 g/mol. The molecule has 0 fully saturated rings. The maximum Gasteiger partial charge on any atom is 0.409 e. The van der Waals surface area contributed by atoms with Gasteiger partial charge in [-0.3, -0.25) is 4.79 Å². The van der Waals surface area contributed by atoms with Crippen LogP contribution in [0.25, 0.3) is 0 Å². The molecule has 1 atom stereocenters. The molecule has 128 valence electrons. The molecule has 1 unspecified atom stereocenters. The number of anilines is 1. The first-order valence-corrected chi connectivity index (χ1v) is 7.62. The fourth-order valence-corrected chi connectivity index (χ4v) is 2.21. The Morgan fingerprint density at radius 3 is 2.61 bits per heavy atom. The summed E-state index contributed by atoms with van der Waals surface area (Å²) in [5.74, 6) is 0.197. The van der Waals surface area contributed by atoms with E-state index in [-0.39, 0.29) is 18.5 Å². The minimum atomic E-state index is -4.45. The number of carbonyl (C=O) groups excluding carboxylic acids is 1. The molecule has 0 saturated heterocycles. The van der Waals surface area contributed by atoms with Crippen molar-refractivity contribution < 1.29 is 18.0 Å². The highest BCUT2D eigenvalue weighted by molar-refractivity contribution is 5.89. The first-order chi connectivity index (χ1) is 10.8. The highest BCUT2D eigenvalue weighted by Crippen LogP contribution is 2.19. The molecule has 0 aliphatic carbocycles. The molecule has 23 heavy (non-hydrogen) atoms. The number of nitrogens with one attached hydrogen (secondary N) is 1. The zero-order valence-electron chi connectivity index (χ0n) is 13.6. The monoisotopic (exact) mass is 329 g/mol. The van der Waals surface area contributed by atoms with Crippen LogP contribution in [-0.2, 0) is 11.2 Å². The number of alkyl halides is 3. The van der Waals surface area contributed by atoms with E-state index in [4.69, 9.17) is 0 Å². The van der Waals surface area contributed by atoms with Crippen molar-refractivity contribution in [2.24, 2.45) is 0 Å². The predicted molar refractivity (Wildman–Crippen MR) is 83.3 cm³/mol. The van der Waals surface area contributed by atoms with Gasteiger partial charge in [-0.25, -0.2) is 9.97 Å². The molecule has 0 spiro atoms. The van der Waals surface area contributed by atoms with Crippen LogP contribution in [0, 0.1) is 6.92 Å². The largest absolute Gasteiger partial charge is 0.409 e. The topological polar surface area (TPSA) is 54.9 Å². The van der Waals surface area contributed by atoms with Gasteiger partial charge in [-0.1, -0.05) is 13.8 Å². The summed E-state index contributed by atoms with van der Waals surface area (Å²) in [6, 6.07) is -0.0298. The second-order valence-electron chi connectivity index (χ2n) is 5.27. The first kappa shape index (κ1) is 19.1. The molecule has 0 radical (unpaired) electrons. The van der Waals surface area contributed by atoms with Crippen molar-refractivity contribution in [2.45, 2.75) is 58.7 Å². The Morgan fingerprint density at radius 1 is 1.35 bits per heavy atom. The summed E-state index contributed by atoms with van der Waals surface area (Å²) in [4.78, 5) is 19.9. The molecule has 7 heteroatoms. The molecule has 0 amide bonds. The van der Waals surface area contributed by atoms with Gasteiger partial charge in [0.15, 0.2) is 5.78 Å². The number of hydrogen-bond acceptors (Lipinski definition) is 4. The molecule has 4 nitrogen and oxygen atoms in total. The van der Waals surface area contributed by atoms with E-state index in [1.165, 1.54) is 6.33 Å². The molecule has 1 aromatic heterocycles. The average Bonchev–Trinajstić information content (AvgIpc) is 2.48. The molecular formula is C16H22F3N3O.